The third kappa shape index (κ3) is 4.35. The summed E-state index contributed by atoms with van der Waals surface area (Å²) in [7, 11) is -2.38. The van der Waals surface area contributed by atoms with Crippen LogP contribution in [0.2, 0.25) is 5.02 Å². The molecule has 1 unspecified atom stereocenters. The minimum absolute atomic E-state index is 0.136. The van der Waals surface area contributed by atoms with E-state index in [-0.39, 0.29) is 18.0 Å². The van der Waals surface area contributed by atoms with Crippen molar-refractivity contribution < 1.29 is 22.3 Å². The first-order valence-electron chi connectivity index (χ1n) is 8.66. The van der Waals surface area contributed by atoms with Crippen LogP contribution in [0.3, 0.4) is 0 Å². The van der Waals surface area contributed by atoms with Crippen molar-refractivity contribution in [3.63, 3.8) is 0 Å². The number of hydrogen-bond donors (Lipinski definition) is 0. The summed E-state index contributed by atoms with van der Waals surface area (Å²) in [5, 5.41) is 0.349. The number of piperazine rings is 1. The maximum atomic E-state index is 13.2. The van der Waals surface area contributed by atoms with E-state index in [1.807, 2.05) is 4.90 Å². The number of carbonyl (C=O) groups excluding carboxylic acids is 1. The Hall–Kier alpha value is -2.00. The molecule has 1 saturated heterocycles. The van der Waals surface area contributed by atoms with Crippen molar-refractivity contribution in [2.75, 3.05) is 33.3 Å². The molecule has 0 N–H and O–H groups in total. The summed E-state index contributed by atoms with van der Waals surface area (Å²) in [5.74, 6) is -0.873. The van der Waals surface area contributed by atoms with Gasteiger partial charge in [0.1, 0.15) is 11.9 Å². The maximum Gasteiger partial charge on any atom is 0.327 e. The van der Waals surface area contributed by atoms with Crippen LogP contribution in [-0.2, 0) is 19.6 Å². The molecule has 0 aliphatic carbocycles. The molecule has 0 bridgehead atoms. The molecule has 1 heterocycles. The van der Waals surface area contributed by atoms with E-state index in [4.69, 9.17) is 16.3 Å². The number of carbonyl (C=O) groups is 1. The molecule has 0 saturated carbocycles. The lowest BCUT2D eigenvalue weighted by atomic mass is 10.0. The van der Waals surface area contributed by atoms with Gasteiger partial charge in [-0.2, -0.15) is 4.31 Å². The number of benzene rings is 2. The van der Waals surface area contributed by atoms with E-state index in [1.54, 1.807) is 12.1 Å². The first-order chi connectivity index (χ1) is 13.3. The Balaban J connectivity index is 1.77. The molecule has 3 rings (SSSR count). The Morgan fingerprint density at radius 1 is 1.11 bits per heavy atom. The first kappa shape index (κ1) is 20.7. The number of ether oxygens (including phenoxy) is 1. The Bertz CT molecular complexity index is 945. The summed E-state index contributed by atoms with van der Waals surface area (Å²) in [5.41, 5.74) is 0.597. The summed E-state index contributed by atoms with van der Waals surface area (Å²) >= 11 is 5.92. The molecule has 6 nitrogen and oxygen atoms in total. The second kappa shape index (κ2) is 8.57. The Kier molecular flexibility index (Phi) is 6.34. The van der Waals surface area contributed by atoms with E-state index in [0.717, 1.165) is 0 Å². The van der Waals surface area contributed by atoms with Gasteiger partial charge in [-0.05, 0) is 35.9 Å². The van der Waals surface area contributed by atoms with Gasteiger partial charge in [0.2, 0.25) is 10.0 Å². The normalized spacial score (nSPS) is 17.2. The molecule has 1 aliphatic heterocycles. The SMILES string of the molecule is COC(=O)C(c1ccc(F)cc1)N1CCN(S(=O)(=O)c2cccc(Cl)c2)CC1. The van der Waals surface area contributed by atoms with E-state index in [2.05, 4.69) is 0 Å². The Labute approximate surface area is 168 Å². The Morgan fingerprint density at radius 2 is 1.75 bits per heavy atom. The third-order valence-corrected chi connectivity index (χ3v) is 6.81. The van der Waals surface area contributed by atoms with Crippen LogP contribution in [0.4, 0.5) is 4.39 Å². The van der Waals surface area contributed by atoms with Crippen LogP contribution in [-0.4, -0.2) is 56.9 Å². The minimum Gasteiger partial charge on any atom is -0.468 e. The second-order valence-corrected chi connectivity index (χ2v) is 8.75. The molecular weight excluding hydrogens is 407 g/mol. The van der Waals surface area contributed by atoms with Crippen LogP contribution < -0.4 is 0 Å². The van der Waals surface area contributed by atoms with Crippen LogP contribution >= 0.6 is 11.6 Å². The van der Waals surface area contributed by atoms with E-state index in [0.29, 0.717) is 23.7 Å². The number of hydrogen-bond acceptors (Lipinski definition) is 5. The zero-order valence-electron chi connectivity index (χ0n) is 15.2. The van der Waals surface area contributed by atoms with Gasteiger partial charge in [-0.1, -0.05) is 29.8 Å². The van der Waals surface area contributed by atoms with Gasteiger partial charge in [0, 0.05) is 31.2 Å². The molecule has 150 valence electrons. The molecule has 0 spiro atoms. The lowest BCUT2D eigenvalue weighted by molar-refractivity contribution is -0.147. The number of sulfonamides is 1. The molecule has 2 aromatic carbocycles. The average molecular weight is 427 g/mol. The molecule has 2 aromatic rings. The lowest BCUT2D eigenvalue weighted by Gasteiger charge is -2.37. The Morgan fingerprint density at radius 3 is 2.32 bits per heavy atom. The van der Waals surface area contributed by atoms with Crippen molar-refractivity contribution in [3.05, 3.63) is 64.9 Å². The number of halogens is 2. The topological polar surface area (TPSA) is 66.9 Å². The molecule has 0 amide bonds. The zero-order valence-corrected chi connectivity index (χ0v) is 16.8. The summed E-state index contributed by atoms with van der Waals surface area (Å²) in [6.07, 6.45) is 0. The standard InChI is InChI=1S/C19H20ClFN2O4S/c1-27-19(24)18(14-5-7-16(21)8-6-14)22-9-11-23(12-10-22)28(25,26)17-4-2-3-15(20)13-17/h2-8,13,18H,9-12H2,1H3. The fraction of sp³-hybridized carbons (Fsp3) is 0.316. The zero-order chi connectivity index (χ0) is 20.3. The van der Waals surface area contributed by atoms with Gasteiger partial charge in [0.25, 0.3) is 0 Å². The van der Waals surface area contributed by atoms with Crippen molar-refractivity contribution in [1.29, 1.82) is 0 Å². The summed E-state index contributed by atoms with van der Waals surface area (Å²) in [6, 6.07) is 11.0. The van der Waals surface area contributed by atoms with Gasteiger partial charge in [-0.3, -0.25) is 4.90 Å². The molecule has 1 atom stereocenters. The fourth-order valence-electron chi connectivity index (χ4n) is 3.23. The fourth-order valence-corrected chi connectivity index (χ4v) is 4.95. The van der Waals surface area contributed by atoms with E-state index >= 15 is 0 Å². The van der Waals surface area contributed by atoms with E-state index < -0.39 is 27.9 Å². The largest absolute Gasteiger partial charge is 0.468 e. The predicted octanol–water partition coefficient (Wildman–Crippen LogP) is 2.70. The molecular formula is C19H20ClFN2O4S. The highest BCUT2D eigenvalue weighted by Crippen LogP contribution is 2.26. The molecule has 1 fully saturated rings. The van der Waals surface area contributed by atoms with Crippen LogP contribution in [0, 0.1) is 5.82 Å². The molecule has 9 heteroatoms. The number of nitrogens with zero attached hydrogens (tertiary/aromatic N) is 2. The molecule has 0 aromatic heterocycles. The predicted molar refractivity (Wildman–Crippen MR) is 103 cm³/mol. The van der Waals surface area contributed by atoms with Crippen molar-refractivity contribution in [2.45, 2.75) is 10.9 Å². The number of methoxy groups -OCH3 is 1. The van der Waals surface area contributed by atoms with Gasteiger partial charge in [-0.15, -0.1) is 0 Å². The minimum atomic E-state index is -3.67. The number of rotatable bonds is 5. The first-order valence-corrected chi connectivity index (χ1v) is 10.5. The van der Waals surface area contributed by atoms with E-state index in [9.17, 15) is 17.6 Å². The highest BCUT2D eigenvalue weighted by molar-refractivity contribution is 7.89. The van der Waals surface area contributed by atoms with Gasteiger partial charge in [-0.25, -0.2) is 17.6 Å². The van der Waals surface area contributed by atoms with Crippen molar-refractivity contribution in [3.8, 4) is 0 Å². The van der Waals surface area contributed by atoms with Crippen molar-refractivity contribution in [2.24, 2.45) is 0 Å². The second-order valence-electron chi connectivity index (χ2n) is 6.37. The van der Waals surface area contributed by atoms with Crippen LogP contribution in [0.5, 0.6) is 0 Å². The lowest BCUT2D eigenvalue weighted by Crippen LogP contribution is -2.51. The van der Waals surface area contributed by atoms with Gasteiger partial charge in [0.05, 0.1) is 12.0 Å². The summed E-state index contributed by atoms with van der Waals surface area (Å²) < 4.78 is 45.2. The highest BCUT2D eigenvalue weighted by atomic mass is 35.5. The van der Waals surface area contributed by atoms with Crippen LogP contribution in [0.1, 0.15) is 11.6 Å². The third-order valence-electron chi connectivity index (χ3n) is 4.68. The molecule has 0 radical (unpaired) electrons. The van der Waals surface area contributed by atoms with Crippen molar-refractivity contribution >= 4 is 27.6 Å². The maximum absolute atomic E-state index is 13.2. The van der Waals surface area contributed by atoms with Crippen molar-refractivity contribution in [1.82, 2.24) is 9.21 Å². The number of esters is 1. The quantitative estimate of drug-likeness (QED) is 0.688. The average Bonchev–Trinajstić information content (AvgIpc) is 2.70. The summed E-state index contributed by atoms with van der Waals surface area (Å²) in [4.78, 5) is 14.3. The highest BCUT2D eigenvalue weighted by Gasteiger charge is 2.35. The van der Waals surface area contributed by atoms with Crippen LogP contribution in [0.25, 0.3) is 0 Å². The smallest absolute Gasteiger partial charge is 0.327 e. The summed E-state index contributed by atoms with van der Waals surface area (Å²) in [6.45, 7) is 1.08. The van der Waals surface area contributed by atoms with Crippen LogP contribution in [0.15, 0.2) is 53.4 Å². The van der Waals surface area contributed by atoms with Gasteiger partial charge >= 0.3 is 5.97 Å². The van der Waals surface area contributed by atoms with Gasteiger partial charge < -0.3 is 4.74 Å². The van der Waals surface area contributed by atoms with E-state index in [1.165, 1.54) is 47.8 Å². The molecule has 28 heavy (non-hydrogen) atoms. The monoisotopic (exact) mass is 426 g/mol. The van der Waals surface area contributed by atoms with Gasteiger partial charge in [0.15, 0.2) is 0 Å². The molecule has 1 aliphatic rings.